The molecule has 1 aromatic carbocycles. The Bertz CT molecular complexity index is 583. The maximum atomic E-state index is 12.7. The number of benzene rings is 1. The van der Waals surface area contributed by atoms with Gasteiger partial charge in [-0.05, 0) is 74.0 Å². The quantitative estimate of drug-likeness (QED) is 0.425. The molecule has 1 saturated carbocycles. The van der Waals surface area contributed by atoms with Crippen LogP contribution in [0, 0.1) is 23.2 Å². The number of halogens is 1. The fourth-order valence-corrected chi connectivity index (χ4v) is 3.54. The summed E-state index contributed by atoms with van der Waals surface area (Å²) >= 11 is 0. The standard InChI is InChI=1S/C22H28FN/c1-2-4-18-7-11-20(12-8-18)15-16-21-13-9-19(10-14-21)5-3-6-22(23)17-24/h3,5-8,11-12,19,21H,2,4,9-10,13-16H2,1H3/t19-,21-. The van der Waals surface area contributed by atoms with Gasteiger partial charge in [0.05, 0.1) is 0 Å². The number of nitrogens with zero attached hydrogens (tertiary/aromatic N) is 1. The molecule has 2 heteroatoms. The van der Waals surface area contributed by atoms with E-state index in [1.807, 2.05) is 0 Å². The fourth-order valence-electron chi connectivity index (χ4n) is 3.54. The Balaban J connectivity index is 1.70. The van der Waals surface area contributed by atoms with Crippen LogP contribution >= 0.6 is 0 Å². The molecule has 1 fully saturated rings. The number of hydrogen-bond donors (Lipinski definition) is 0. The lowest BCUT2D eigenvalue weighted by molar-refractivity contribution is 0.296. The minimum absolute atomic E-state index is 0.539. The van der Waals surface area contributed by atoms with Crippen molar-refractivity contribution in [1.82, 2.24) is 0 Å². The van der Waals surface area contributed by atoms with Crippen LogP contribution in [0.4, 0.5) is 4.39 Å². The van der Waals surface area contributed by atoms with Gasteiger partial charge in [-0.25, -0.2) is 0 Å². The Morgan fingerprint density at radius 2 is 1.75 bits per heavy atom. The molecule has 1 nitrogen and oxygen atoms in total. The maximum absolute atomic E-state index is 12.7. The zero-order chi connectivity index (χ0) is 17.2. The first kappa shape index (κ1) is 18.5. The zero-order valence-corrected chi connectivity index (χ0v) is 14.7. The van der Waals surface area contributed by atoms with Gasteiger partial charge in [0, 0.05) is 0 Å². The Labute approximate surface area is 145 Å². The van der Waals surface area contributed by atoms with Gasteiger partial charge in [-0.3, -0.25) is 0 Å². The SMILES string of the molecule is CCCc1ccc(CC[C@H]2CC[C@H](C=CC=C(F)C#N)CC2)cc1. The summed E-state index contributed by atoms with van der Waals surface area (Å²) in [5.41, 5.74) is 2.89. The first-order chi connectivity index (χ1) is 11.7. The Morgan fingerprint density at radius 1 is 1.12 bits per heavy atom. The molecule has 0 aromatic heterocycles. The fraction of sp³-hybridized carbons (Fsp3) is 0.500. The molecule has 0 saturated heterocycles. The van der Waals surface area contributed by atoms with E-state index in [4.69, 9.17) is 5.26 Å². The molecule has 0 amide bonds. The van der Waals surface area contributed by atoms with Crippen LogP contribution in [0.3, 0.4) is 0 Å². The molecular weight excluding hydrogens is 297 g/mol. The third-order valence-electron chi connectivity index (χ3n) is 5.03. The molecule has 0 atom stereocenters. The van der Waals surface area contributed by atoms with E-state index in [0.29, 0.717) is 5.92 Å². The highest BCUT2D eigenvalue weighted by molar-refractivity contribution is 5.23. The van der Waals surface area contributed by atoms with Gasteiger partial charge >= 0.3 is 0 Å². The second-order valence-corrected chi connectivity index (χ2v) is 6.90. The Hall–Kier alpha value is -1.88. The average molecular weight is 325 g/mol. The van der Waals surface area contributed by atoms with E-state index in [2.05, 4.69) is 37.3 Å². The summed E-state index contributed by atoms with van der Waals surface area (Å²) in [6.07, 6.45) is 14.7. The molecule has 0 spiro atoms. The lowest BCUT2D eigenvalue weighted by Crippen LogP contribution is -2.13. The summed E-state index contributed by atoms with van der Waals surface area (Å²) in [4.78, 5) is 0. The number of allylic oxidation sites excluding steroid dienone is 4. The molecule has 0 N–H and O–H groups in total. The smallest absolute Gasteiger partial charge is 0.195 e. The highest BCUT2D eigenvalue weighted by Crippen LogP contribution is 2.32. The molecule has 2 rings (SSSR count). The minimum Gasteiger partial charge on any atom is -0.195 e. The summed E-state index contributed by atoms with van der Waals surface area (Å²) in [7, 11) is 0. The van der Waals surface area contributed by atoms with Crippen molar-refractivity contribution in [3.8, 4) is 6.07 Å². The van der Waals surface area contributed by atoms with E-state index >= 15 is 0 Å². The van der Waals surface area contributed by atoms with Crippen LogP contribution in [0.15, 0.2) is 48.3 Å². The van der Waals surface area contributed by atoms with Crippen LogP contribution in [0.25, 0.3) is 0 Å². The molecule has 0 aliphatic heterocycles. The van der Waals surface area contributed by atoms with Crippen LogP contribution in [-0.4, -0.2) is 0 Å². The van der Waals surface area contributed by atoms with E-state index in [0.717, 1.165) is 5.92 Å². The predicted molar refractivity (Wildman–Crippen MR) is 98.2 cm³/mol. The van der Waals surface area contributed by atoms with Crippen molar-refractivity contribution in [2.75, 3.05) is 0 Å². The highest BCUT2D eigenvalue weighted by Gasteiger charge is 2.19. The molecule has 128 valence electrons. The Morgan fingerprint density at radius 3 is 2.33 bits per heavy atom. The molecule has 0 heterocycles. The molecule has 0 radical (unpaired) electrons. The third-order valence-corrected chi connectivity index (χ3v) is 5.03. The van der Waals surface area contributed by atoms with Gasteiger partial charge in [0.25, 0.3) is 0 Å². The second-order valence-electron chi connectivity index (χ2n) is 6.90. The minimum atomic E-state index is -0.718. The van der Waals surface area contributed by atoms with E-state index < -0.39 is 5.83 Å². The molecule has 1 aliphatic carbocycles. The summed E-state index contributed by atoms with van der Waals surface area (Å²) < 4.78 is 12.7. The van der Waals surface area contributed by atoms with Gasteiger partial charge in [-0.2, -0.15) is 9.65 Å². The van der Waals surface area contributed by atoms with Crippen molar-refractivity contribution in [3.05, 3.63) is 59.4 Å². The third kappa shape index (κ3) is 6.32. The van der Waals surface area contributed by atoms with E-state index in [1.54, 1.807) is 6.08 Å². The van der Waals surface area contributed by atoms with E-state index in [9.17, 15) is 4.39 Å². The second kappa shape index (κ2) is 10.1. The van der Waals surface area contributed by atoms with Crippen LogP contribution in [0.1, 0.15) is 56.6 Å². The van der Waals surface area contributed by atoms with Crippen LogP contribution in [-0.2, 0) is 12.8 Å². The van der Waals surface area contributed by atoms with Crippen molar-refractivity contribution in [2.24, 2.45) is 11.8 Å². The van der Waals surface area contributed by atoms with Crippen LogP contribution in [0.2, 0.25) is 0 Å². The van der Waals surface area contributed by atoms with Crippen molar-refractivity contribution >= 4 is 0 Å². The molecule has 1 aromatic rings. The number of rotatable bonds is 7. The first-order valence-electron chi connectivity index (χ1n) is 9.23. The van der Waals surface area contributed by atoms with Gasteiger partial charge < -0.3 is 0 Å². The number of aryl methyl sites for hydroxylation is 2. The molecular formula is C22H28FN. The average Bonchev–Trinajstić information content (AvgIpc) is 2.62. The predicted octanol–water partition coefficient (Wildman–Crippen LogP) is 6.31. The van der Waals surface area contributed by atoms with Crippen molar-refractivity contribution < 1.29 is 4.39 Å². The summed E-state index contributed by atoms with van der Waals surface area (Å²) in [6.45, 7) is 2.22. The number of hydrogen-bond acceptors (Lipinski definition) is 1. The maximum Gasteiger partial charge on any atom is 0.199 e. The van der Waals surface area contributed by atoms with Gasteiger partial charge in [0.2, 0.25) is 0 Å². The lowest BCUT2D eigenvalue weighted by atomic mass is 9.79. The van der Waals surface area contributed by atoms with E-state index in [1.165, 1.54) is 74.6 Å². The van der Waals surface area contributed by atoms with Crippen LogP contribution < -0.4 is 0 Å². The van der Waals surface area contributed by atoms with Gasteiger partial charge in [0.1, 0.15) is 6.07 Å². The monoisotopic (exact) mass is 325 g/mol. The van der Waals surface area contributed by atoms with Gasteiger partial charge in [-0.1, -0.05) is 49.8 Å². The molecule has 0 bridgehead atoms. The zero-order valence-electron chi connectivity index (χ0n) is 14.7. The largest absolute Gasteiger partial charge is 0.199 e. The topological polar surface area (TPSA) is 23.8 Å². The normalized spacial score (nSPS) is 21.8. The first-order valence-corrected chi connectivity index (χ1v) is 9.23. The lowest BCUT2D eigenvalue weighted by Gasteiger charge is -2.26. The summed E-state index contributed by atoms with van der Waals surface area (Å²) in [5.74, 6) is 0.638. The Kier molecular flexibility index (Phi) is 7.75. The van der Waals surface area contributed by atoms with Gasteiger partial charge in [-0.15, -0.1) is 0 Å². The molecule has 24 heavy (non-hydrogen) atoms. The molecule has 0 unspecified atom stereocenters. The summed E-state index contributed by atoms with van der Waals surface area (Å²) in [5, 5.41) is 8.37. The van der Waals surface area contributed by atoms with Crippen molar-refractivity contribution in [3.63, 3.8) is 0 Å². The van der Waals surface area contributed by atoms with Crippen molar-refractivity contribution in [1.29, 1.82) is 5.26 Å². The highest BCUT2D eigenvalue weighted by atomic mass is 19.1. The van der Waals surface area contributed by atoms with Crippen LogP contribution in [0.5, 0.6) is 0 Å². The molecule has 1 aliphatic rings. The summed E-state index contributed by atoms with van der Waals surface area (Å²) in [6, 6.07) is 10.6. The van der Waals surface area contributed by atoms with E-state index in [-0.39, 0.29) is 0 Å². The number of nitriles is 1. The van der Waals surface area contributed by atoms with Crippen molar-refractivity contribution in [2.45, 2.75) is 58.3 Å². The van der Waals surface area contributed by atoms with Gasteiger partial charge in [0.15, 0.2) is 5.83 Å².